The quantitative estimate of drug-likeness (QED) is 0.567. The number of carbonyl (C=O) groups excluding carboxylic acids is 1. The van der Waals surface area contributed by atoms with Crippen molar-refractivity contribution in [3.63, 3.8) is 0 Å². The standard InChI is InChI=1S/C25H31FN4O3/c1-13-3-5-16(6-4-13)20(23-19(24(27)31)14(2)30-33-23)25-28-18-8-7-17(21(26)22(18)29-25)15-9-11-32-12-10-15/h7-8,13,15-16,20H,3-6,9-12H2,1-2H3,(H2,27,31)(H,28,29)/t13?,16?,20-/m1/s1. The number of aromatic nitrogens is 3. The maximum Gasteiger partial charge on any atom is 0.254 e. The van der Waals surface area contributed by atoms with Crippen molar-refractivity contribution in [2.75, 3.05) is 13.2 Å². The minimum atomic E-state index is -0.568. The zero-order chi connectivity index (χ0) is 23.1. The summed E-state index contributed by atoms with van der Waals surface area (Å²) in [6, 6.07) is 3.76. The van der Waals surface area contributed by atoms with Gasteiger partial charge in [0, 0.05) is 13.2 Å². The Morgan fingerprint density at radius 2 is 1.91 bits per heavy atom. The first-order valence-electron chi connectivity index (χ1n) is 12.0. The average molecular weight is 455 g/mol. The van der Waals surface area contributed by atoms with Crippen molar-refractivity contribution in [1.82, 2.24) is 15.1 Å². The van der Waals surface area contributed by atoms with Crippen molar-refractivity contribution in [1.29, 1.82) is 0 Å². The molecule has 2 aromatic heterocycles. The molecule has 3 aromatic rings. The lowest BCUT2D eigenvalue weighted by atomic mass is 9.74. The van der Waals surface area contributed by atoms with Crippen LogP contribution in [-0.2, 0) is 4.74 Å². The van der Waals surface area contributed by atoms with Crippen molar-refractivity contribution >= 4 is 16.9 Å². The highest BCUT2D eigenvalue weighted by molar-refractivity contribution is 5.95. The third kappa shape index (κ3) is 4.05. The summed E-state index contributed by atoms with van der Waals surface area (Å²) in [6.45, 7) is 5.27. The number of benzene rings is 1. The summed E-state index contributed by atoms with van der Waals surface area (Å²) in [4.78, 5) is 20.3. The maximum absolute atomic E-state index is 15.6. The number of rotatable bonds is 5. The van der Waals surface area contributed by atoms with E-state index in [4.69, 9.17) is 20.0 Å². The highest BCUT2D eigenvalue weighted by Crippen LogP contribution is 2.43. The van der Waals surface area contributed by atoms with E-state index in [0.29, 0.717) is 58.6 Å². The number of ether oxygens (including phenoxy) is 1. The van der Waals surface area contributed by atoms with Gasteiger partial charge in [-0.1, -0.05) is 31.0 Å². The molecular weight excluding hydrogens is 423 g/mol. The molecule has 1 amide bonds. The molecular formula is C25H31FN4O3. The highest BCUT2D eigenvalue weighted by atomic mass is 19.1. The lowest BCUT2D eigenvalue weighted by Crippen LogP contribution is -2.24. The molecule has 0 radical (unpaired) electrons. The number of hydrogen-bond donors (Lipinski definition) is 2. The van der Waals surface area contributed by atoms with Gasteiger partial charge in [-0.2, -0.15) is 0 Å². The Labute approximate surface area is 192 Å². The number of carbonyl (C=O) groups is 1. The number of halogens is 1. The molecule has 2 fully saturated rings. The van der Waals surface area contributed by atoms with Crippen molar-refractivity contribution in [2.45, 2.75) is 64.2 Å². The Hall–Kier alpha value is -2.74. The number of primary amides is 1. The number of aryl methyl sites for hydroxylation is 1. The molecule has 3 N–H and O–H groups in total. The van der Waals surface area contributed by atoms with Gasteiger partial charge in [-0.25, -0.2) is 9.37 Å². The summed E-state index contributed by atoms with van der Waals surface area (Å²) in [7, 11) is 0. The van der Waals surface area contributed by atoms with E-state index in [1.165, 1.54) is 0 Å². The topological polar surface area (TPSA) is 107 Å². The smallest absolute Gasteiger partial charge is 0.254 e. The molecule has 8 heteroatoms. The molecule has 1 saturated carbocycles. The van der Waals surface area contributed by atoms with Crippen LogP contribution in [0.2, 0.25) is 0 Å². The zero-order valence-corrected chi connectivity index (χ0v) is 19.2. The van der Waals surface area contributed by atoms with Gasteiger partial charge in [-0.3, -0.25) is 4.79 Å². The van der Waals surface area contributed by atoms with Gasteiger partial charge < -0.3 is 20.0 Å². The fourth-order valence-electron chi connectivity index (χ4n) is 5.63. The van der Waals surface area contributed by atoms with Gasteiger partial charge >= 0.3 is 0 Å². The predicted molar refractivity (Wildman–Crippen MR) is 122 cm³/mol. The van der Waals surface area contributed by atoms with Crippen LogP contribution in [0.4, 0.5) is 4.39 Å². The molecule has 2 aliphatic rings. The molecule has 1 atom stereocenters. The van der Waals surface area contributed by atoms with Crippen molar-refractivity contribution in [2.24, 2.45) is 17.6 Å². The summed E-state index contributed by atoms with van der Waals surface area (Å²) in [5.41, 5.74) is 8.14. The maximum atomic E-state index is 15.6. The zero-order valence-electron chi connectivity index (χ0n) is 19.2. The van der Waals surface area contributed by atoms with Crippen LogP contribution in [0, 0.1) is 24.6 Å². The second kappa shape index (κ2) is 8.89. The van der Waals surface area contributed by atoms with Crippen LogP contribution in [0.1, 0.15) is 90.5 Å². The van der Waals surface area contributed by atoms with E-state index in [2.05, 4.69) is 17.1 Å². The summed E-state index contributed by atoms with van der Waals surface area (Å²) in [6.07, 6.45) is 5.72. The van der Waals surface area contributed by atoms with Crippen LogP contribution in [0.3, 0.4) is 0 Å². The lowest BCUT2D eigenvalue weighted by molar-refractivity contribution is 0.0846. The van der Waals surface area contributed by atoms with Crippen LogP contribution < -0.4 is 5.73 Å². The van der Waals surface area contributed by atoms with Crippen LogP contribution in [0.15, 0.2) is 16.7 Å². The molecule has 0 spiro atoms. The largest absolute Gasteiger partial charge is 0.381 e. The van der Waals surface area contributed by atoms with E-state index in [9.17, 15) is 4.79 Å². The predicted octanol–water partition coefficient (Wildman–Crippen LogP) is 4.95. The number of imidazole rings is 1. The minimum Gasteiger partial charge on any atom is -0.381 e. The van der Waals surface area contributed by atoms with E-state index in [1.807, 2.05) is 12.1 Å². The first kappa shape index (κ1) is 22.1. The first-order chi connectivity index (χ1) is 15.9. The number of fused-ring (bicyclic) bond motifs is 1. The van der Waals surface area contributed by atoms with Crippen LogP contribution in [-0.4, -0.2) is 34.2 Å². The highest BCUT2D eigenvalue weighted by Gasteiger charge is 2.37. The Morgan fingerprint density at radius 1 is 1.18 bits per heavy atom. The fraction of sp³-hybridized carbons (Fsp3) is 0.560. The van der Waals surface area contributed by atoms with Crippen LogP contribution in [0.25, 0.3) is 11.0 Å². The van der Waals surface area contributed by atoms with Gasteiger partial charge in [0.2, 0.25) is 0 Å². The number of amides is 1. The number of nitrogens with zero attached hydrogens (tertiary/aromatic N) is 2. The van der Waals surface area contributed by atoms with E-state index in [-0.39, 0.29) is 23.6 Å². The van der Waals surface area contributed by atoms with Crippen LogP contribution in [0.5, 0.6) is 0 Å². The molecule has 7 nitrogen and oxygen atoms in total. The van der Waals surface area contributed by atoms with Crippen molar-refractivity contribution in [3.05, 3.63) is 46.4 Å². The molecule has 0 unspecified atom stereocenters. The Bertz CT molecular complexity index is 1160. The number of nitrogens with two attached hydrogens (primary N) is 1. The van der Waals surface area contributed by atoms with Gasteiger partial charge in [0.05, 0.1) is 17.1 Å². The lowest BCUT2D eigenvalue weighted by Gasteiger charge is -2.30. The molecule has 1 aliphatic carbocycles. The monoisotopic (exact) mass is 454 g/mol. The molecule has 1 aromatic carbocycles. The minimum absolute atomic E-state index is 0.136. The third-order valence-corrected chi connectivity index (χ3v) is 7.55. The number of H-pyrrole nitrogens is 1. The van der Waals surface area contributed by atoms with E-state index in [1.54, 1.807) is 6.92 Å². The summed E-state index contributed by atoms with van der Waals surface area (Å²) in [5.74, 6) is 0.852. The van der Waals surface area contributed by atoms with E-state index in [0.717, 1.165) is 38.5 Å². The summed E-state index contributed by atoms with van der Waals surface area (Å²) < 4.78 is 26.7. The number of hydrogen-bond acceptors (Lipinski definition) is 5. The van der Waals surface area contributed by atoms with Gasteiger partial charge in [-0.05, 0) is 62.0 Å². The first-order valence-corrected chi connectivity index (χ1v) is 12.0. The Kier molecular flexibility index (Phi) is 5.95. The average Bonchev–Trinajstić information content (AvgIpc) is 3.40. The molecule has 1 saturated heterocycles. The normalized spacial score (nSPS) is 23.1. The molecule has 3 heterocycles. The second-order valence-corrected chi connectivity index (χ2v) is 9.74. The van der Waals surface area contributed by atoms with E-state index >= 15 is 4.39 Å². The van der Waals surface area contributed by atoms with E-state index < -0.39 is 5.91 Å². The fourth-order valence-corrected chi connectivity index (χ4v) is 5.63. The molecule has 1 aliphatic heterocycles. The van der Waals surface area contributed by atoms with Gasteiger partial charge in [0.1, 0.15) is 16.9 Å². The second-order valence-electron chi connectivity index (χ2n) is 9.74. The number of nitrogens with one attached hydrogen (secondary N) is 1. The molecule has 176 valence electrons. The van der Waals surface area contributed by atoms with Gasteiger partial charge in [0.25, 0.3) is 5.91 Å². The van der Waals surface area contributed by atoms with Gasteiger partial charge in [-0.15, -0.1) is 0 Å². The molecule has 33 heavy (non-hydrogen) atoms. The summed E-state index contributed by atoms with van der Waals surface area (Å²) in [5, 5.41) is 4.04. The Morgan fingerprint density at radius 3 is 2.61 bits per heavy atom. The summed E-state index contributed by atoms with van der Waals surface area (Å²) >= 11 is 0. The van der Waals surface area contributed by atoms with Crippen LogP contribution >= 0.6 is 0 Å². The molecule has 0 bridgehead atoms. The Balaban J connectivity index is 1.59. The third-order valence-electron chi connectivity index (χ3n) is 7.55. The van der Waals surface area contributed by atoms with Crippen molar-refractivity contribution < 1.29 is 18.4 Å². The van der Waals surface area contributed by atoms with Crippen molar-refractivity contribution in [3.8, 4) is 0 Å². The molecule has 5 rings (SSSR count). The van der Waals surface area contributed by atoms with Gasteiger partial charge in [0.15, 0.2) is 11.6 Å². The number of aromatic amines is 1. The SMILES string of the molecule is Cc1noc([C@H](c2nc3c(F)c(C4CCOCC4)ccc3[nH]2)C2CCC(C)CC2)c1C(N)=O.